The lowest BCUT2D eigenvalue weighted by Gasteiger charge is -2.36. The minimum absolute atomic E-state index is 0.279. The summed E-state index contributed by atoms with van der Waals surface area (Å²) in [6.07, 6.45) is 3.73. The van der Waals surface area contributed by atoms with Crippen LogP contribution in [0.3, 0.4) is 0 Å². The van der Waals surface area contributed by atoms with E-state index >= 15 is 0 Å². The molecule has 0 saturated carbocycles. The second-order valence-corrected chi connectivity index (χ2v) is 7.46. The predicted octanol–water partition coefficient (Wildman–Crippen LogP) is 2.50. The van der Waals surface area contributed by atoms with E-state index in [1.54, 1.807) is 0 Å². The molecule has 3 heterocycles. The summed E-state index contributed by atoms with van der Waals surface area (Å²) < 4.78 is 2.04. The molecule has 0 bridgehead atoms. The van der Waals surface area contributed by atoms with Crippen LogP contribution in [0.2, 0.25) is 0 Å². The van der Waals surface area contributed by atoms with E-state index in [9.17, 15) is 9.59 Å². The fourth-order valence-corrected chi connectivity index (χ4v) is 4.10. The molecule has 0 radical (unpaired) electrons. The fourth-order valence-electron chi connectivity index (χ4n) is 4.10. The lowest BCUT2D eigenvalue weighted by molar-refractivity contribution is -0.126. The molecule has 8 heteroatoms. The first kappa shape index (κ1) is 20.0. The van der Waals surface area contributed by atoms with Crippen molar-refractivity contribution in [3.05, 3.63) is 66.1 Å². The number of amides is 3. The van der Waals surface area contributed by atoms with Crippen LogP contribution >= 0.6 is 0 Å². The van der Waals surface area contributed by atoms with E-state index in [-0.39, 0.29) is 11.8 Å². The molecule has 156 valence electrons. The molecule has 0 spiro atoms. The van der Waals surface area contributed by atoms with Crippen LogP contribution in [0, 0.1) is 0 Å². The van der Waals surface area contributed by atoms with Crippen molar-refractivity contribution in [1.29, 1.82) is 0 Å². The Hall–Kier alpha value is -3.26. The number of carbonyl (C=O) groups is 2. The van der Waals surface area contributed by atoms with Crippen LogP contribution < -0.4 is 10.6 Å². The Morgan fingerprint density at radius 2 is 1.80 bits per heavy atom. The molecule has 2 N–H and O–H groups in total. The van der Waals surface area contributed by atoms with Crippen LogP contribution in [0.15, 0.2) is 54.7 Å². The van der Waals surface area contributed by atoms with Crippen molar-refractivity contribution in [3.8, 4) is 0 Å². The number of likely N-dealkylation sites (tertiary alicyclic amines) is 1. The zero-order chi connectivity index (χ0) is 20.9. The monoisotopic (exact) mass is 406 g/mol. The maximum atomic E-state index is 13.0. The molecule has 1 unspecified atom stereocenters. The Morgan fingerprint density at radius 1 is 1.07 bits per heavy atom. The van der Waals surface area contributed by atoms with Gasteiger partial charge in [-0.3, -0.25) is 19.4 Å². The number of aromatic nitrogens is 3. The number of urea groups is 1. The van der Waals surface area contributed by atoms with Crippen molar-refractivity contribution in [2.24, 2.45) is 0 Å². The average Bonchev–Trinajstić information content (AvgIpc) is 3.19. The molecule has 1 aromatic carbocycles. The lowest BCUT2D eigenvalue weighted by Crippen LogP contribution is -2.48. The number of hydrogen-bond donors (Lipinski definition) is 2. The quantitative estimate of drug-likeness (QED) is 0.679. The summed E-state index contributed by atoms with van der Waals surface area (Å²) >= 11 is 0. The van der Waals surface area contributed by atoms with E-state index in [2.05, 4.69) is 25.7 Å². The van der Waals surface area contributed by atoms with E-state index < -0.39 is 12.1 Å². The molecule has 0 aliphatic carbocycles. The van der Waals surface area contributed by atoms with Gasteiger partial charge in [-0.2, -0.15) is 0 Å². The molecular formula is C22H26N6O2. The van der Waals surface area contributed by atoms with Crippen molar-refractivity contribution >= 4 is 17.6 Å². The number of hydrogen-bond acceptors (Lipinski definition) is 5. The highest BCUT2D eigenvalue weighted by atomic mass is 16.2. The molecule has 3 amide bonds. The molecule has 8 nitrogen and oxygen atoms in total. The molecule has 1 aliphatic heterocycles. The van der Waals surface area contributed by atoms with Crippen molar-refractivity contribution in [1.82, 2.24) is 30.1 Å². The van der Waals surface area contributed by atoms with Crippen LogP contribution in [0.5, 0.6) is 0 Å². The van der Waals surface area contributed by atoms with Crippen LogP contribution in [-0.2, 0) is 4.79 Å². The van der Waals surface area contributed by atoms with Gasteiger partial charge < -0.3 is 5.32 Å². The van der Waals surface area contributed by atoms with Crippen molar-refractivity contribution in [2.45, 2.75) is 31.7 Å². The predicted molar refractivity (Wildman–Crippen MR) is 113 cm³/mol. The van der Waals surface area contributed by atoms with Gasteiger partial charge in [-0.05, 0) is 50.6 Å². The summed E-state index contributed by atoms with van der Waals surface area (Å²) in [6, 6.07) is 14.5. The van der Waals surface area contributed by atoms with Crippen molar-refractivity contribution in [2.75, 3.05) is 19.6 Å². The normalized spacial score (nSPS) is 16.3. The van der Waals surface area contributed by atoms with E-state index in [0.717, 1.165) is 43.0 Å². The standard InChI is InChI=1S/C22H26N6O2/c1-2-23-22(30)24-21(29)19(16-8-4-3-5-9-16)27-14-11-17(12-15-27)20-26-25-18-10-6-7-13-28(18)20/h3-10,13,17,19H,2,11-12,14-15H2,1H3,(H2,23,24,29,30). The van der Waals surface area contributed by atoms with Gasteiger partial charge >= 0.3 is 6.03 Å². The van der Waals surface area contributed by atoms with Crippen molar-refractivity contribution < 1.29 is 9.59 Å². The van der Waals surface area contributed by atoms with Gasteiger partial charge in [-0.25, -0.2) is 4.79 Å². The third-order valence-electron chi connectivity index (χ3n) is 5.54. The number of pyridine rings is 1. The van der Waals surface area contributed by atoms with Gasteiger partial charge in [0.25, 0.3) is 0 Å². The maximum absolute atomic E-state index is 13.0. The fraction of sp³-hybridized carbons (Fsp3) is 0.364. The number of fused-ring (bicyclic) bond motifs is 1. The molecular weight excluding hydrogens is 380 g/mol. The minimum Gasteiger partial charge on any atom is -0.338 e. The smallest absolute Gasteiger partial charge is 0.321 e. The summed E-state index contributed by atoms with van der Waals surface area (Å²) in [5.74, 6) is 0.938. The molecule has 2 aromatic heterocycles. The first-order valence-electron chi connectivity index (χ1n) is 10.3. The zero-order valence-electron chi connectivity index (χ0n) is 17.0. The van der Waals surface area contributed by atoms with Gasteiger partial charge in [0.15, 0.2) is 5.65 Å². The average molecular weight is 406 g/mol. The topological polar surface area (TPSA) is 91.6 Å². The van der Waals surface area contributed by atoms with Gasteiger partial charge in [-0.1, -0.05) is 36.4 Å². The zero-order valence-corrected chi connectivity index (χ0v) is 17.0. The summed E-state index contributed by atoms with van der Waals surface area (Å²) in [5, 5.41) is 13.8. The summed E-state index contributed by atoms with van der Waals surface area (Å²) in [7, 11) is 0. The van der Waals surface area contributed by atoms with Crippen LogP contribution in [0.25, 0.3) is 5.65 Å². The van der Waals surface area contributed by atoms with Crippen LogP contribution in [0.4, 0.5) is 4.79 Å². The third-order valence-corrected chi connectivity index (χ3v) is 5.54. The van der Waals surface area contributed by atoms with E-state index in [1.807, 2.05) is 66.1 Å². The van der Waals surface area contributed by atoms with Crippen LogP contribution in [-0.4, -0.2) is 51.1 Å². The second kappa shape index (κ2) is 9.04. The molecule has 1 atom stereocenters. The molecule has 4 rings (SSSR count). The SMILES string of the molecule is CCNC(=O)NC(=O)C(c1ccccc1)N1CCC(c2nnc3ccccn23)CC1. The Kier molecular flexibility index (Phi) is 6.04. The number of benzene rings is 1. The Bertz CT molecular complexity index is 1010. The van der Waals surface area contributed by atoms with E-state index in [1.165, 1.54) is 0 Å². The summed E-state index contributed by atoms with van der Waals surface area (Å²) in [5.41, 5.74) is 1.73. The number of imide groups is 1. The summed E-state index contributed by atoms with van der Waals surface area (Å²) in [6.45, 7) is 3.74. The van der Waals surface area contributed by atoms with Crippen LogP contribution in [0.1, 0.15) is 43.1 Å². The van der Waals surface area contributed by atoms with Gasteiger partial charge in [-0.15, -0.1) is 10.2 Å². The molecule has 1 aliphatic rings. The number of carbonyl (C=O) groups excluding carboxylic acids is 2. The van der Waals surface area contributed by atoms with E-state index in [4.69, 9.17) is 0 Å². The molecule has 3 aromatic rings. The highest BCUT2D eigenvalue weighted by Crippen LogP contribution is 2.32. The Labute approximate surface area is 175 Å². The minimum atomic E-state index is -0.509. The maximum Gasteiger partial charge on any atom is 0.321 e. The number of nitrogens with one attached hydrogen (secondary N) is 2. The van der Waals surface area contributed by atoms with Crippen molar-refractivity contribution in [3.63, 3.8) is 0 Å². The van der Waals surface area contributed by atoms with Gasteiger partial charge in [0.2, 0.25) is 5.91 Å². The number of piperidine rings is 1. The first-order chi connectivity index (χ1) is 14.7. The molecule has 30 heavy (non-hydrogen) atoms. The number of rotatable bonds is 5. The Morgan fingerprint density at radius 3 is 2.53 bits per heavy atom. The molecule has 1 fully saturated rings. The number of nitrogens with zero attached hydrogens (tertiary/aromatic N) is 4. The Balaban J connectivity index is 1.50. The van der Waals surface area contributed by atoms with Gasteiger partial charge in [0.1, 0.15) is 11.9 Å². The van der Waals surface area contributed by atoms with E-state index in [0.29, 0.717) is 6.54 Å². The lowest BCUT2D eigenvalue weighted by atomic mass is 9.93. The molecule has 1 saturated heterocycles. The third kappa shape index (κ3) is 4.18. The van der Waals surface area contributed by atoms with Gasteiger partial charge in [0, 0.05) is 18.7 Å². The second-order valence-electron chi connectivity index (χ2n) is 7.46. The summed E-state index contributed by atoms with van der Waals surface area (Å²) in [4.78, 5) is 27.0. The largest absolute Gasteiger partial charge is 0.338 e. The highest BCUT2D eigenvalue weighted by Gasteiger charge is 2.33. The van der Waals surface area contributed by atoms with Gasteiger partial charge in [0.05, 0.1) is 0 Å². The highest BCUT2D eigenvalue weighted by molar-refractivity contribution is 5.97. The first-order valence-corrected chi connectivity index (χ1v) is 10.3.